The van der Waals surface area contributed by atoms with E-state index in [1.807, 2.05) is 6.92 Å². The van der Waals surface area contributed by atoms with Crippen LogP contribution in [0.15, 0.2) is 0 Å². The minimum Gasteiger partial charge on any atom is -0.480 e. The first-order chi connectivity index (χ1) is 8.36. The maximum atomic E-state index is 11.5. The van der Waals surface area contributed by atoms with E-state index in [9.17, 15) is 18.6 Å². The van der Waals surface area contributed by atoms with Gasteiger partial charge in [-0.05, 0) is 6.42 Å². The van der Waals surface area contributed by atoms with Crippen LogP contribution < -0.4 is 10.6 Å². The number of carbonyl (C=O) groups excluding carboxylic acids is 2. The van der Waals surface area contributed by atoms with E-state index < -0.39 is 28.7 Å². The van der Waals surface area contributed by atoms with Gasteiger partial charge in [-0.3, -0.25) is 13.8 Å². The van der Waals surface area contributed by atoms with Crippen molar-refractivity contribution in [3.05, 3.63) is 0 Å². The molecular formula is C10H18N2O5S. The van der Waals surface area contributed by atoms with E-state index in [1.54, 1.807) is 0 Å². The molecule has 0 saturated heterocycles. The molecule has 2 unspecified atom stereocenters. The molecule has 0 aromatic carbocycles. The Kier molecular flexibility index (Phi) is 7.93. The van der Waals surface area contributed by atoms with Gasteiger partial charge in [0.2, 0.25) is 11.8 Å². The molecule has 0 saturated carbocycles. The van der Waals surface area contributed by atoms with E-state index >= 15 is 0 Å². The molecule has 0 aromatic heterocycles. The Bertz CT molecular complexity index is 345. The van der Waals surface area contributed by atoms with Gasteiger partial charge in [0.1, 0.15) is 11.8 Å². The summed E-state index contributed by atoms with van der Waals surface area (Å²) in [6.07, 6.45) is 0.766. The number of aliphatic carboxylic acids is 1. The topological polar surface area (TPSA) is 113 Å². The van der Waals surface area contributed by atoms with Gasteiger partial charge in [0, 0.05) is 24.3 Å². The number of carbonyl (C=O) groups is 3. The van der Waals surface area contributed by atoms with Gasteiger partial charge in [-0.1, -0.05) is 6.92 Å². The maximum absolute atomic E-state index is 11.5. The Hall–Kier alpha value is -1.44. The molecule has 0 fully saturated rings. The van der Waals surface area contributed by atoms with Crippen molar-refractivity contribution in [2.24, 2.45) is 0 Å². The van der Waals surface area contributed by atoms with Crippen molar-refractivity contribution in [3.63, 3.8) is 0 Å². The summed E-state index contributed by atoms with van der Waals surface area (Å²) in [6.45, 7) is 3.55. The van der Waals surface area contributed by atoms with Gasteiger partial charge >= 0.3 is 5.97 Å². The molecule has 0 aliphatic carbocycles. The van der Waals surface area contributed by atoms with Crippen LogP contribution in [-0.2, 0) is 25.2 Å². The lowest BCUT2D eigenvalue weighted by atomic mass is 10.3. The molecule has 0 aliphatic heterocycles. The summed E-state index contributed by atoms with van der Waals surface area (Å²) in [4.78, 5) is 32.8. The Labute approximate surface area is 108 Å². The molecule has 3 N–H and O–H groups in total. The molecule has 2 amide bonds. The Morgan fingerprint density at radius 2 is 1.94 bits per heavy atom. The molecule has 0 heterocycles. The molecule has 2 atom stereocenters. The lowest BCUT2D eigenvalue weighted by Gasteiger charge is -2.12. The van der Waals surface area contributed by atoms with Gasteiger partial charge in [0.05, 0.1) is 5.75 Å². The molecule has 0 aliphatic rings. The highest BCUT2D eigenvalue weighted by molar-refractivity contribution is 7.85. The summed E-state index contributed by atoms with van der Waals surface area (Å²) in [5, 5.41) is 13.5. The normalized spacial score (nSPS) is 13.4. The molecule has 0 aromatic rings. The summed E-state index contributed by atoms with van der Waals surface area (Å²) in [6, 6.07) is -1.23. The lowest BCUT2D eigenvalue weighted by molar-refractivity contribution is -0.140. The standard InChI is InChI=1S/C10H18N2O5S/c1-3-4-11-9(14)6-18(17)5-8(10(15)16)12-7(2)13/h8H,3-6H2,1-2H3,(H,11,14)(H,12,13)(H,15,16). The molecule has 104 valence electrons. The first kappa shape index (κ1) is 16.6. The Morgan fingerprint density at radius 3 is 2.39 bits per heavy atom. The maximum Gasteiger partial charge on any atom is 0.327 e. The summed E-state index contributed by atoms with van der Waals surface area (Å²) in [5.41, 5.74) is 0. The fourth-order valence-electron chi connectivity index (χ4n) is 1.13. The molecule has 0 radical (unpaired) electrons. The summed E-state index contributed by atoms with van der Waals surface area (Å²) in [7, 11) is -1.63. The van der Waals surface area contributed by atoms with Crippen molar-refractivity contribution < 1.29 is 23.7 Å². The van der Waals surface area contributed by atoms with E-state index in [0.717, 1.165) is 6.42 Å². The highest BCUT2D eigenvalue weighted by Crippen LogP contribution is 1.92. The van der Waals surface area contributed by atoms with Crippen LogP contribution in [-0.4, -0.2) is 51.2 Å². The third kappa shape index (κ3) is 7.77. The van der Waals surface area contributed by atoms with Gasteiger partial charge in [-0.25, -0.2) is 4.79 Å². The Morgan fingerprint density at radius 1 is 1.33 bits per heavy atom. The fourth-order valence-corrected chi connectivity index (χ4v) is 2.24. The van der Waals surface area contributed by atoms with E-state index in [2.05, 4.69) is 10.6 Å². The number of amides is 2. The van der Waals surface area contributed by atoms with Gasteiger partial charge in [-0.2, -0.15) is 0 Å². The molecule has 8 heteroatoms. The van der Waals surface area contributed by atoms with Crippen LogP contribution in [0.3, 0.4) is 0 Å². The molecule has 0 spiro atoms. The largest absolute Gasteiger partial charge is 0.480 e. The minimum absolute atomic E-state index is 0.261. The van der Waals surface area contributed by atoms with Crippen molar-refractivity contribution >= 4 is 28.6 Å². The molecular weight excluding hydrogens is 260 g/mol. The highest BCUT2D eigenvalue weighted by atomic mass is 32.2. The number of hydrogen-bond donors (Lipinski definition) is 3. The fraction of sp³-hybridized carbons (Fsp3) is 0.700. The third-order valence-corrected chi connectivity index (χ3v) is 3.18. The van der Waals surface area contributed by atoms with Gasteiger partial charge in [-0.15, -0.1) is 0 Å². The zero-order valence-corrected chi connectivity index (χ0v) is 11.2. The second-order valence-corrected chi connectivity index (χ2v) is 5.19. The van der Waals surface area contributed by atoms with Crippen molar-refractivity contribution in [3.8, 4) is 0 Å². The van der Waals surface area contributed by atoms with Crippen molar-refractivity contribution in [1.29, 1.82) is 0 Å². The monoisotopic (exact) mass is 278 g/mol. The van der Waals surface area contributed by atoms with Gasteiger partial charge in [0.25, 0.3) is 0 Å². The first-order valence-corrected chi connectivity index (χ1v) is 6.97. The van der Waals surface area contributed by atoms with Crippen LogP contribution in [0.2, 0.25) is 0 Å². The van der Waals surface area contributed by atoms with Crippen LogP contribution in [0.25, 0.3) is 0 Å². The Balaban J connectivity index is 4.21. The second-order valence-electron chi connectivity index (χ2n) is 3.69. The summed E-state index contributed by atoms with van der Waals surface area (Å²) < 4.78 is 11.5. The molecule has 18 heavy (non-hydrogen) atoms. The van der Waals surface area contributed by atoms with E-state index in [0.29, 0.717) is 6.54 Å². The predicted octanol–water partition coefficient (Wildman–Crippen LogP) is -1.15. The van der Waals surface area contributed by atoms with Crippen LogP contribution in [0.4, 0.5) is 0 Å². The van der Waals surface area contributed by atoms with Crippen LogP contribution in [0, 0.1) is 0 Å². The van der Waals surface area contributed by atoms with E-state index in [-0.39, 0.29) is 17.4 Å². The molecule has 0 rings (SSSR count). The smallest absolute Gasteiger partial charge is 0.327 e. The number of rotatable bonds is 8. The third-order valence-electron chi connectivity index (χ3n) is 1.89. The number of carboxylic acid groups (broad SMARTS) is 1. The van der Waals surface area contributed by atoms with Crippen molar-refractivity contribution in [1.82, 2.24) is 10.6 Å². The van der Waals surface area contributed by atoms with Crippen LogP contribution >= 0.6 is 0 Å². The predicted molar refractivity (Wildman–Crippen MR) is 66.4 cm³/mol. The average molecular weight is 278 g/mol. The van der Waals surface area contributed by atoms with Crippen LogP contribution in [0.5, 0.6) is 0 Å². The average Bonchev–Trinajstić information content (AvgIpc) is 2.24. The van der Waals surface area contributed by atoms with E-state index in [4.69, 9.17) is 5.11 Å². The lowest BCUT2D eigenvalue weighted by Crippen LogP contribution is -2.44. The quantitative estimate of drug-likeness (QED) is 0.519. The van der Waals surface area contributed by atoms with E-state index in [1.165, 1.54) is 6.92 Å². The van der Waals surface area contributed by atoms with Gasteiger partial charge < -0.3 is 15.7 Å². The zero-order valence-electron chi connectivity index (χ0n) is 10.4. The highest BCUT2D eigenvalue weighted by Gasteiger charge is 2.22. The first-order valence-electron chi connectivity index (χ1n) is 5.48. The molecule has 7 nitrogen and oxygen atoms in total. The minimum atomic E-state index is -1.63. The number of hydrogen-bond acceptors (Lipinski definition) is 4. The zero-order chi connectivity index (χ0) is 14.1. The second kappa shape index (κ2) is 8.62. The van der Waals surface area contributed by atoms with Crippen molar-refractivity contribution in [2.45, 2.75) is 26.3 Å². The molecule has 0 bridgehead atoms. The van der Waals surface area contributed by atoms with Gasteiger partial charge in [0.15, 0.2) is 0 Å². The summed E-state index contributed by atoms with van der Waals surface area (Å²) >= 11 is 0. The number of carboxylic acids is 1. The van der Waals surface area contributed by atoms with Crippen LogP contribution in [0.1, 0.15) is 20.3 Å². The number of nitrogens with one attached hydrogen (secondary N) is 2. The SMILES string of the molecule is CCCNC(=O)CS(=O)CC(NC(C)=O)C(=O)O. The van der Waals surface area contributed by atoms with Crippen molar-refractivity contribution in [2.75, 3.05) is 18.1 Å². The summed E-state index contributed by atoms with van der Waals surface area (Å²) in [5.74, 6) is -2.72.